The van der Waals surface area contributed by atoms with E-state index in [-0.39, 0.29) is 12.3 Å². The molecule has 16 heavy (non-hydrogen) atoms. The van der Waals surface area contributed by atoms with E-state index >= 15 is 0 Å². The van der Waals surface area contributed by atoms with Gasteiger partial charge < -0.3 is 15.4 Å². The Bertz CT molecular complexity index is 338. The molecular formula is C10H14N2O3S. The number of nitrogens with one attached hydrogen (secondary N) is 2. The van der Waals surface area contributed by atoms with Crippen LogP contribution in [0.3, 0.4) is 0 Å². The summed E-state index contributed by atoms with van der Waals surface area (Å²) in [6, 6.07) is 3.46. The molecule has 0 aliphatic carbocycles. The van der Waals surface area contributed by atoms with Gasteiger partial charge in [0.25, 0.3) is 5.91 Å². The second-order valence-electron chi connectivity index (χ2n) is 3.10. The van der Waals surface area contributed by atoms with Crippen molar-refractivity contribution >= 4 is 23.6 Å². The number of hydrogen-bond acceptors (Lipinski definition) is 3. The fourth-order valence-electron chi connectivity index (χ4n) is 1.07. The Morgan fingerprint density at radius 3 is 2.88 bits per heavy atom. The van der Waals surface area contributed by atoms with Crippen molar-refractivity contribution in [3.63, 3.8) is 0 Å². The molecule has 0 aliphatic rings. The minimum Gasteiger partial charge on any atom is -0.481 e. The highest BCUT2D eigenvalue weighted by Gasteiger charge is 2.04. The number of aromatic amines is 1. The first-order valence-electron chi connectivity index (χ1n) is 4.91. The molecule has 1 heterocycles. The van der Waals surface area contributed by atoms with Gasteiger partial charge in [-0.1, -0.05) is 0 Å². The smallest absolute Gasteiger partial charge is 0.304 e. The molecule has 0 saturated carbocycles. The Hall–Kier alpha value is -1.43. The lowest BCUT2D eigenvalue weighted by molar-refractivity contribution is -0.136. The van der Waals surface area contributed by atoms with Crippen molar-refractivity contribution < 1.29 is 14.7 Å². The first kappa shape index (κ1) is 12.6. The normalized spacial score (nSPS) is 10.0. The maximum absolute atomic E-state index is 11.4. The van der Waals surface area contributed by atoms with Crippen molar-refractivity contribution in [1.82, 2.24) is 10.3 Å². The Morgan fingerprint density at radius 1 is 1.44 bits per heavy atom. The second-order valence-corrected chi connectivity index (χ2v) is 4.32. The zero-order valence-electron chi connectivity index (χ0n) is 8.73. The summed E-state index contributed by atoms with van der Waals surface area (Å²) in [6.45, 7) is 0.544. The average Bonchev–Trinajstić information content (AvgIpc) is 2.75. The van der Waals surface area contributed by atoms with Crippen LogP contribution in [0.25, 0.3) is 0 Å². The number of carbonyl (C=O) groups is 2. The van der Waals surface area contributed by atoms with Gasteiger partial charge >= 0.3 is 5.97 Å². The third-order valence-corrected chi connectivity index (χ3v) is 2.82. The highest BCUT2D eigenvalue weighted by Crippen LogP contribution is 2.01. The number of carboxylic acids is 1. The maximum atomic E-state index is 11.4. The van der Waals surface area contributed by atoms with E-state index in [2.05, 4.69) is 10.3 Å². The molecule has 0 atom stereocenters. The van der Waals surface area contributed by atoms with E-state index in [0.717, 1.165) is 5.75 Å². The standard InChI is InChI=1S/C10H14N2O3S/c13-9(14)3-6-16-7-5-12-10(15)8-2-1-4-11-8/h1-2,4,11H,3,5-7H2,(H,12,15)(H,13,14). The number of carbonyl (C=O) groups excluding carboxylic acids is 1. The van der Waals surface area contributed by atoms with Crippen LogP contribution in [0.4, 0.5) is 0 Å². The van der Waals surface area contributed by atoms with Gasteiger partial charge in [-0.05, 0) is 12.1 Å². The summed E-state index contributed by atoms with van der Waals surface area (Å²) in [5, 5.41) is 11.1. The van der Waals surface area contributed by atoms with Gasteiger partial charge in [-0.25, -0.2) is 0 Å². The number of hydrogen-bond donors (Lipinski definition) is 3. The van der Waals surface area contributed by atoms with Gasteiger partial charge in [-0.3, -0.25) is 9.59 Å². The largest absolute Gasteiger partial charge is 0.481 e. The van der Waals surface area contributed by atoms with E-state index in [4.69, 9.17) is 5.11 Å². The van der Waals surface area contributed by atoms with Crippen molar-refractivity contribution in [3.05, 3.63) is 24.0 Å². The van der Waals surface area contributed by atoms with E-state index in [0.29, 0.717) is 18.0 Å². The topological polar surface area (TPSA) is 82.2 Å². The predicted octanol–water partition coefficient (Wildman–Crippen LogP) is 0.952. The van der Waals surface area contributed by atoms with E-state index in [9.17, 15) is 9.59 Å². The third kappa shape index (κ3) is 4.88. The third-order valence-electron chi connectivity index (χ3n) is 1.83. The summed E-state index contributed by atoms with van der Waals surface area (Å²) >= 11 is 1.52. The summed E-state index contributed by atoms with van der Waals surface area (Å²) < 4.78 is 0. The highest BCUT2D eigenvalue weighted by molar-refractivity contribution is 7.99. The van der Waals surface area contributed by atoms with E-state index < -0.39 is 5.97 Å². The molecule has 1 rings (SSSR count). The Kier molecular flexibility index (Phi) is 5.49. The van der Waals surface area contributed by atoms with Crippen molar-refractivity contribution in [2.75, 3.05) is 18.1 Å². The molecule has 0 spiro atoms. The number of rotatable bonds is 7. The van der Waals surface area contributed by atoms with Crippen LogP contribution in [0.1, 0.15) is 16.9 Å². The van der Waals surface area contributed by atoms with Crippen molar-refractivity contribution in [2.45, 2.75) is 6.42 Å². The molecule has 88 valence electrons. The van der Waals surface area contributed by atoms with Crippen molar-refractivity contribution in [2.24, 2.45) is 0 Å². The van der Waals surface area contributed by atoms with Crippen molar-refractivity contribution in [1.29, 1.82) is 0 Å². The van der Waals surface area contributed by atoms with E-state index in [1.54, 1.807) is 18.3 Å². The molecule has 0 aromatic carbocycles. The minimum atomic E-state index is -0.789. The number of amides is 1. The molecule has 0 saturated heterocycles. The van der Waals surface area contributed by atoms with Gasteiger partial charge in [0.15, 0.2) is 0 Å². The van der Waals surface area contributed by atoms with Crippen LogP contribution >= 0.6 is 11.8 Å². The molecule has 5 nitrogen and oxygen atoms in total. The van der Waals surface area contributed by atoms with Crippen LogP contribution in [0.5, 0.6) is 0 Å². The van der Waals surface area contributed by atoms with Crippen LogP contribution in [0, 0.1) is 0 Å². The molecule has 0 bridgehead atoms. The number of carboxylic acid groups (broad SMARTS) is 1. The number of thioether (sulfide) groups is 1. The summed E-state index contributed by atoms with van der Waals surface area (Å²) in [4.78, 5) is 24.4. The number of aromatic nitrogens is 1. The molecule has 0 fully saturated rings. The molecule has 3 N–H and O–H groups in total. The van der Waals surface area contributed by atoms with Crippen LogP contribution in [-0.2, 0) is 4.79 Å². The average molecular weight is 242 g/mol. The lowest BCUT2D eigenvalue weighted by Crippen LogP contribution is -2.26. The van der Waals surface area contributed by atoms with Gasteiger partial charge in [0.1, 0.15) is 5.69 Å². The van der Waals surface area contributed by atoms with Crippen LogP contribution in [0.2, 0.25) is 0 Å². The fourth-order valence-corrected chi connectivity index (χ4v) is 1.83. The summed E-state index contributed by atoms with van der Waals surface area (Å²) in [6.07, 6.45) is 1.85. The first-order valence-corrected chi connectivity index (χ1v) is 6.07. The van der Waals surface area contributed by atoms with Crippen LogP contribution in [0.15, 0.2) is 18.3 Å². The SMILES string of the molecule is O=C(O)CCSCCNC(=O)c1ccc[nH]1. The Labute approximate surface area is 97.6 Å². The fraction of sp³-hybridized carbons (Fsp3) is 0.400. The molecular weight excluding hydrogens is 228 g/mol. The molecule has 0 aliphatic heterocycles. The molecule has 1 aromatic heterocycles. The summed E-state index contributed by atoms with van der Waals surface area (Å²) in [7, 11) is 0. The van der Waals surface area contributed by atoms with Gasteiger partial charge in [0.2, 0.25) is 0 Å². The van der Waals surface area contributed by atoms with Crippen molar-refractivity contribution in [3.8, 4) is 0 Å². The summed E-state index contributed by atoms with van der Waals surface area (Å²) in [5.41, 5.74) is 0.538. The van der Waals surface area contributed by atoms with Gasteiger partial charge in [-0.15, -0.1) is 0 Å². The Balaban J connectivity index is 2.03. The molecule has 6 heteroatoms. The van der Waals surface area contributed by atoms with Gasteiger partial charge in [0, 0.05) is 24.2 Å². The zero-order valence-corrected chi connectivity index (χ0v) is 9.55. The van der Waals surface area contributed by atoms with Crippen LogP contribution < -0.4 is 5.32 Å². The molecule has 1 aromatic rings. The number of aliphatic carboxylic acids is 1. The minimum absolute atomic E-state index is 0.135. The van der Waals surface area contributed by atoms with E-state index in [1.165, 1.54) is 11.8 Å². The highest BCUT2D eigenvalue weighted by atomic mass is 32.2. The molecule has 0 unspecified atom stereocenters. The molecule has 1 amide bonds. The lowest BCUT2D eigenvalue weighted by Gasteiger charge is -2.02. The van der Waals surface area contributed by atoms with E-state index in [1.807, 2.05) is 0 Å². The molecule has 0 radical (unpaired) electrons. The predicted molar refractivity (Wildman–Crippen MR) is 62.7 cm³/mol. The lowest BCUT2D eigenvalue weighted by atomic mass is 10.4. The maximum Gasteiger partial charge on any atom is 0.304 e. The summed E-state index contributed by atoms with van der Waals surface area (Å²) in [5.74, 6) is 0.375. The Morgan fingerprint density at radius 2 is 2.25 bits per heavy atom. The monoisotopic (exact) mass is 242 g/mol. The zero-order chi connectivity index (χ0) is 11.8. The second kappa shape index (κ2) is 6.95. The van der Waals surface area contributed by atoms with Gasteiger partial charge in [-0.2, -0.15) is 11.8 Å². The van der Waals surface area contributed by atoms with Crippen LogP contribution in [-0.4, -0.2) is 40.0 Å². The van der Waals surface area contributed by atoms with Gasteiger partial charge in [0.05, 0.1) is 6.42 Å². The first-order chi connectivity index (χ1) is 7.70. The number of H-pyrrole nitrogens is 1. The quantitative estimate of drug-likeness (QED) is 0.622.